The van der Waals surface area contributed by atoms with Crippen molar-refractivity contribution in [3.63, 3.8) is 0 Å². The zero-order valence-corrected chi connectivity index (χ0v) is 13.6. The molecule has 1 atom stereocenters. The summed E-state index contributed by atoms with van der Waals surface area (Å²) < 4.78 is 6.83. The number of ether oxygens (including phenoxy) is 1. The highest BCUT2D eigenvalue weighted by molar-refractivity contribution is 5.88. The summed E-state index contributed by atoms with van der Waals surface area (Å²) in [6, 6.07) is 7.69. The summed E-state index contributed by atoms with van der Waals surface area (Å²) in [4.78, 5) is 18.3. The van der Waals surface area contributed by atoms with Gasteiger partial charge in [-0.25, -0.2) is 9.78 Å². The first-order valence-corrected chi connectivity index (χ1v) is 8.04. The van der Waals surface area contributed by atoms with Crippen LogP contribution in [0.2, 0.25) is 0 Å². The van der Waals surface area contributed by atoms with Crippen LogP contribution in [0.25, 0.3) is 0 Å². The normalized spacial score (nSPS) is 17.3. The molecule has 0 radical (unpaired) electrons. The standard InChI is InChI=1S/C17H19N5O2/c1-2-24-17(23)13-10-19-22(11-13)15-6-4-8-21(12-15)16-7-3-5-14(9-18)20-16/h3,5,7,10-11,15H,2,4,6,8,12H2,1H3/t15-/m1/s1. The molecule has 2 aromatic rings. The Morgan fingerprint density at radius 1 is 1.50 bits per heavy atom. The van der Waals surface area contributed by atoms with Crippen molar-refractivity contribution in [2.75, 3.05) is 24.6 Å². The van der Waals surface area contributed by atoms with Crippen molar-refractivity contribution >= 4 is 11.8 Å². The van der Waals surface area contributed by atoms with Gasteiger partial charge in [-0.05, 0) is 31.9 Å². The Morgan fingerprint density at radius 2 is 2.38 bits per heavy atom. The SMILES string of the molecule is CCOC(=O)c1cnn([C@@H]2CCCN(c3cccc(C#N)n3)C2)c1. The van der Waals surface area contributed by atoms with Crippen LogP contribution in [0.15, 0.2) is 30.6 Å². The van der Waals surface area contributed by atoms with E-state index >= 15 is 0 Å². The number of nitriles is 1. The molecular weight excluding hydrogens is 306 g/mol. The highest BCUT2D eigenvalue weighted by atomic mass is 16.5. The lowest BCUT2D eigenvalue weighted by molar-refractivity contribution is 0.0526. The van der Waals surface area contributed by atoms with E-state index in [0.717, 1.165) is 31.7 Å². The molecule has 1 saturated heterocycles. The lowest BCUT2D eigenvalue weighted by Crippen LogP contribution is -2.37. The zero-order chi connectivity index (χ0) is 16.9. The first-order chi connectivity index (χ1) is 11.7. The third-order valence-electron chi connectivity index (χ3n) is 4.06. The van der Waals surface area contributed by atoms with E-state index in [1.807, 2.05) is 16.8 Å². The van der Waals surface area contributed by atoms with Crippen LogP contribution in [0.3, 0.4) is 0 Å². The minimum Gasteiger partial charge on any atom is -0.462 e. The van der Waals surface area contributed by atoms with E-state index in [4.69, 9.17) is 10.00 Å². The van der Waals surface area contributed by atoms with Crippen LogP contribution in [0, 0.1) is 11.3 Å². The second-order valence-electron chi connectivity index (χ2n) is 5.66. The number of rotatable bonds is 4. The van der Waals surface area contributed by atoms with Gasteiger partial charge in [0.15, 0.2) is 0 Å². The van der Waals surface area contributed by atoms with Gasteiger partial charge in [-0.15, -0.1) is 0 Å². The molecule has 0 aromatic carbocycles. The average Bonchev–Trinajstić information content (AvgIpc) is 3.12. The smallest absolute Gasteiger partial charge is 0.341 e. The summed E-state index contributed by atoms with van der Waals surface area (Å²) in [7, 11) is 0. The maximum atomic E-state index is 11.8. The number of hydrogen-bond donors (Lipinski definition) is 0. The molecule has 3 heterocycles. The maximum Gasteiger partial charge on any atom is 0.341 e. The van der Waals surface area contributed by atoms with Gasteiger partial charge in [-0.2, -0.15) is 10.4 Å². The van der Waals surface area contributed by atoms with E-state index in [1.165, 1.54) is 0 Å². The van der Waals surface area contributed by atoms with Crippen LogP contribution < -0.4 is 4.90 Å². The van der Waals surface area contributed by atoms with Gasteiger partial charge in [0, 0.05) is 19.3 Å². The summed E-state index contributed by atoms with van der Waals surface area (Å²) in [5.41, 5.74) is 0.886. The van der Waals surface area contributed by atoms with Crippen molar-refractivity contribution in [2.24, 2.45) is 0 Å². The largest absolute Gasteiger partial charge is 0.462 e. The topological polar surface area (TPSA) is 84.0 Å². The molecule has 0 amide bonds. The third-order valence-corrected chi connectivity index (χ3v) is 4.06. The number of hydrogen-bond acceptors (Lipinski definition) is 6. The molecule has 24 heavy (non-hydrogen) atoms. The fourth-order valence-corrected chi connectivity index (χ4v) is 2.90. The van der Waals surface area contributed by atoms with Crippen LogP contribution in [0.1, 0.15) is 41.9 Å². The molecule has 1 fully saturated rings. The van der Waals surface area contributed by atoms with E-state index in [2.05, 4.69) is 21.1 Å². The van der Waals surface area contributed by atoms with Crippen LogP contribution >= 0.6 is 0 Å². The molecule has 124 valence electrons. The second-order valence-corrected chi connectivity index (χ2v) is 5.66. The fourth-order valence-electron chi connectivity index (χ4n) is 2.90. The molecule has 0 N–H and O–H groups in total. The van der Waals surface area contributed by atoms with E-state index < -0.39 is 0 Å². The molecule has 7 nitrogen and oxygen atoms in total. The van der Waals surface area contributed by atoms with E-state index in [1.54, 1.807) is 25.4 Å². The predicted octanol–water partition coefficient (Wildman–Crippen LogP) is 2.17. The summed E-state index contributed by atoms with van der Waals surface area (Å²) >= 11 is 0. The Bertz CT molecular complexity index is 764. The van der Waals surface area contributed by atoms with Crippen molar-refractivity contribution in [3.8, 4) is 6.07 Å². The number of pyridine rings is 1. The fraction of sp³-hybridized carbons (Fsp3) is 0.412. The Labute approximate surface area is 140 Å². The van der Waals surface area contributed by atoms with Gasteiger partial charge in [0.05, 0.1) is 24.4 Å². The molecule has 0 spiro atoms. The maximum absolute atomic E-state index is 11.8. The molecule has 0 aliphatic carbocycles. The highest BCUT2D eigenvalue weighted by Gasteiger charge is 2.24. The Kier molecular flexibility index (Phi) is 4.75. The molecular formula is C17H19N5O2. The second kappa shape index (κ2) is 7.13. The van der Waals surface area contributed by atoms with Crippen molar-refractivity contribution in [1.29, 1.82) is 5.26 Å². The molecule has 1 aliphatic heterocycles. The van der Waals surface area contributed by atoms with Crippen LogP contribution in [-0.2, 0) is 4.74 Å². The quantitative estimate of drug-likeness (QED) is 0.801. The molecule has 3 rings (SSSR count). The summed E-state index contributed by atoms with van der Waals surface area (Å²) in [5.74, 6) is 0.455. The number of esters is 1. The number of carbonyl (C=O) groups is 1. The van der Waals surface area contributed by atoms with E-state index in [9.17, 15) is 4.79 Å². The van der Waals surface area contributed by atoms with Gasteiger partial charge in [0.1, 0.15) is 17.6 Å². The highest BCUT2D eigenvalue weighted by Crippen LogP contribution is 2.25. The number of anilines is 1. The van der Waals surface area contributed by atoms with Crippen molar-refractivity contribution < 1.29 is 9.53 Å². The Balaban J connectivity index is 1.74. The van der Waals surface area contributed by atoms with Crippen LogP contribution in [0.4, 0.5) is 5.82 Å². The monoisotopic (exact) mass is 325 g/mol. The number of piperidine rings is 1. The Hall–Kier alpha value is -2.88. The third kappa shape index (κ3) is 3.38. The van der Waals surface area contributed by atoms with Gasteiger partial charge >= 0.3 is 5.97 Å². The number of carbonyl (C=O) groups excluding carboxylic acids is 1. The minimum absolute atomic E-state index is 0.162. The van der Waals surface area contributed by atoms with Gasteiger partial charge < -0.3 is 9.64 Å². The van der Waals surface area contributed by atoms with E-state index in [-0.39, 0.29) is 12.0 Å². The van der Waals surface area contributed by atoms with Crippen molar-refractivity contribution in [3.05, 3.63) is 41.9 Å². The zero-order valence-electron chi connectivity index (χ0n) is 13.6. The number of aromatic nitrogens is 3. The van der Waals surface area contributed by atoms with Crippen molar-refractivity contribution in [2.45, 2.75) is 25.8 Å². The number of nitrogens with zero attached hydrogens (tertiary/aromatic N) is 5. The lowest BCUT2D eigenvalue weighted by atomic mass is 10.1. The summed E-state index contributed by atoms with van der Waals surface area (Å²) in [5, 5.41) is 13.3. The van der Waals surface area contributed by atoms with Crippen LogP contribution in [0.5, 0.6) is 0 Å². The van der Waals surface area contributed by atoms with Gasteiger partial charge in [-0.1, -0.05) is 6.07 Å². The predicted molar refractivity (Wildman–Crippen MR) is 87.6 cm³/mol. The first-order valence-electron chi connectivity index (χ1n) is 8.04. The Morgan fingerprint density at radius 3 is 3.17 bits per heavy atom. The summed E-state index contributed by atoms with van der Waals surface area (Å²) in [6.45, 7) is 3.77. The minimum atomic E-state index is -0.347. The molecule has 1 aliphatic rings. The summed E-state index contributed by atoms with van der Waals surface area (Å²) in [6.07, 6.45) is 5.27. The molecule has 0 saturated carbocycles. The van der Waals surface area contributed by atoms with Crippen LogP contribution in [-0.4, -0.2) is 40.4 Å². The van der Waals surface area contributed by atoms with Gasteiger partial charge in [-0.3, -0.25) is 4.68 Å². The lowest BCUT2D eigenvalue weighted by Gasteiger charge is -2.33. The molecule has 7 heteroatoms. The molecule has 0 unspecified atom stereocenters. The van der Waals surface area contributed by atoms with Crippen molar-refractivity contribution in [1.82, 2.24) is 14.8 Å². The average molecular weight is 325 g/mol. The van der Waals surface area contributed by atoms with Gasteiger partial charge in [0.25, 0.3) is 0 Å². The van der Waals surface area contributed by atoms with E-state index in [0.29, 0.717) is 17.9 Å². The first kappa shape index (κ1) is 16.0. The molecule has 2 aromatic heterocycles. The molecule has 0 bridgehead atoms. The van der Waals surface area contributed by atoms with Gasteiger partial charge in [0.2, 0.25) is 0 Å².